The minimum absolute atomic E-state index is 0.429. The SMILES string of the molecule is COC1CCC(n2ccnc2-c2ccc(CCN)cc2)CC1. The van der Waals surface area contributed by atoms with Crippen LogP contribution in [0.5, 0.6) is 0 Å². The summed E-state index contributed by atoms with van der Waals surface area (Å²) in [7, 11) is 1.82. The van der Waals surface area contributed by atoms with E-state index in [4.69, 9.17) is 10.5 Å². The van der Waals surface area contributed by atoms with Crippen LogP contribution >= 0.6 is 0 Å². The van der Waals surface area contributed by atoms with Gasteiger partial charge in [-0.15, -0.1) is 0 Å². The second-order valence-corrected chi connectivity index (χ2v) is 6.06. The number of nitrogens with two attached hydrogens (primary N) is 1. The van der Waals surface area contributed by atoms with Crippen molar-refractivity contribution in [1.29, 1.82) is 0 Å². The number of benzene rings is 1. The molecular formula is C18H25N3O. The molecule has 0 unspecified atom stereocenters. The number of nitrogens with zero attached hydrogens (tertiary/aromatic N) is 2. The normalized spacial score (nSPS) is 21.9. The van der Waals surface area contributed by atoms with Crippen molar-refractivity contribution in [3.63, 3.8) is 0 Å². The molecule has 0 saturated heterocycles. The summed E-state index contributed by atoms with van der Waals surface area (Å²) in [6, 6.07) is 9.16. The van der Waals surface area contributed by atoms with Gasteiger partial charge in [0, 0.05) is 31.1 Å². The van der Waals surface area contributed by atoms with Crippen molar-refractivity contribution >= 4 is 0 Å². The Morgan fingerprint density at radius 3 is 2.55 bits per heavy atom. The summed E-state index contributed by atoms with van der Waals surface area (Å²) >= 11 is 0. The number of aromatic nitrogens is 2. The molecule has 0 aliphatic heterocycles. The summed E-state index contributed by atoms with van der Waals surface area (Å²) < 4.78 is 7.81. The third kappa shape index (κ3) is 3.23. The van der Waals surface area contributed by atoms with Crippen LogP contribution in [-0.4, -0.2) is 29.3 Å². The second kappa shape index (κ2) is 7.07. The van der Waals surface area contributed by atoms with Crippen LogP contribution in [-0.2, 0) is 11.2 Å². The fourth-order valence-corrected chi connectivity index (χ4v) is 3.38. The highest BCUT2D eigenvalue weighted by atomic mass is 16.5. The molecule has 1 fully saturated rings. The van der Waals surface area contributed by atoms with Gasteiger partial charge in [0.05, 0.1) is 6.10 Å². The monoisotopic (exact) mass is 299 g/mol. The van der Waals surface area contributed by atoms with Crippen molar-refractivity contribution in [1.82, 2.24) is 9.55 Å². The number of hydrogen-bond acceptors (Lipinski definition) is 3. The van der Waals surface area contributed by atoms with Gasteiger partial charge >= 0.3 is 0 Å². The van der Waals surface area contributed by atoms with Crippen LogP contribution < -0.4 is 5.73 Å². The molecule has 4 nitrogen and oxygen atoms in total. The lowest BCUT2D eigenvalue weighted by Gasteiger charge is -2.29. The molecule has 2 N–H and O–H groups in total. The first kappa shape index (κ1) is 15.3. The Bertz CT molecular complexity index is 583. The van der Waals surface area contributed by atoms with Gasteiger partial charge in [-0.05, 0) is 44.2 Å². The first-order valence-corrected chi connectivity index (χ1v) is 8.17. The highest BCUT2D eigenvalue weighted by Gasteiger charge is 2.23. The van der Waals surface area contributed by atoms with Gasteiger partial charge in [-0.3, -0.25) is 0 Å². The van der Waals surface area contributed by atoms with Crippen LogP contribution in [0.15, 0.2) is 36.7 Å². The summed E-state index contributed by atoms with van der Waals surface area (Å²) in [4.78, 5) is 4.58. The van der Waals surface area contributed by atoms with Gasteiger partial charge in [-0.2, -0.15) is 0 Å². The molecule has 1 aliphatic carbocycles. The fourth-order valence-electron chi connectivity index (χ4n) is 3.38. The fraction of sp³-hybridized carbons (Fsp3) is 0.500. The largest absolute Gasteiger partial charge is 0.381 e. The molecule has 4 heteroatoms. The third-order valence-electron chi connectivity index (χ3n) is 4.68. The number of hydrogen-bond donors (Lipinski definition) is 1. The Morgan fingerprint density at radius 2 is 1.91 bits per heavy atom. The predicted octanol–water partition coefficient (Wildman–Crippen LogP) is 3.18. The first-order valence-electron chi connectivity index (χ1n) is 8.17. The number of methoxy groups -OCH3 is 1. The van der Waals surface area contributed by atoms with Crippen LogP contribution in [0.3, 0.4) is 0 Å². The van der Waals surface area contributed by atoms with Gasteiger partial charge in [0.1, 0.15) is 5.82 Å². The predicted molar refractivity (Wildman–Crippen MR) is 88.7 cm³/mol. The standard InChI is InChI=1S/C18H25N3O/c1-22-17-8-6-16(7-9-17)21-13-12-20-18(21)15-4-2-14(3-5-15)10-11-19/h2-5,12-13,16-17H,6-11,19H2,1H3. The van der Waals surface area contributed by atoms with E-state index in [1.54, 1.807) is 0 Å². The van der Waals surface area contributed by atoms with Crippen LogP contribution in [0.25, 0.3) is 11.4 Å². The number of ether oxygens (including phenoxy) is 1. The van der Waals surface area contributed by atoms with Crippen LogP contribution in [0.4, 0.5) is 0 Å². The van der Waals surface area contributed by atoms with Crippen LogP contribution in [0, 0.1) is 0 Å². The van der Waals surface area contributed by atoms with Crippen molar-refractivity contribution in [2.24, 2.45) is 5.73 Å². The van der Waals surface area contributed by atoms with Crippen molar-refractivity contribution in [3.8, 4) is 11.4 Å². The van der Waals surface area contributed by atoms with E-state index in [0.717, 1.165) is 37.9 Å². The molecule has 3 rings (SSSR count). The lowest BCUT2D eigenvalue weighted by atomic mass is 9.92. The maximum Gasteiger partial charge on any atom is 0.140 e. The van der Waals surface area contributed by atoms with Gasteiger partial charge in [0.2, 0.25) is 0 Å². The quantitative estimate of drug-likeness (QED) is 0.922. The molecule has 1 aromatic carbocycles. The zero-order chi connectivity index (χ0) is 15.4. The average molecular weight is 299 g/mol. The second-order valence-electron chi connectivity index (χ2n) is 6.06. The molecule has 2 aromatic rings. The van der Waals surface area contributed by atoms with E-state index >= 15 is 0 Å². The van der Waals surface area contributed by atoms with Crippen molar-refractivity contribution in [2.45, 2.75) is 44.2 Å². The average Bonchev–Trinajstić information content (AvgIpc) is 3.05. The minimum atomic E-state index is 0.429. The van der Waals surface area contributed by atoms with Gasteiger partial charge in [0.25, 0.3) is 0 Å². The van der Waals surface area contributed by atoms with Gasteiger partial charge < -0.3 is 15.0 Å². The topological polar surface area (TPSA) is 53.1 Å². The van der Waals surface area contributed by atoms with E-state index in [2.05, 4.69) is 40.0 Å². The van der Waals surface area contributed by atoms with E-state index in [1.165, 1.54) is 11.1 Å². The maximum atomic E-state index is 5.61. The van der Waals surface area contributed by atoms with E-state index in [-0.39, 0.29) is 0 Å². The zero-order valence-electron chi connectivity index (χ0n) is 13.2. The van der Waals surface area contributed by atoms with Gasteiger partial charge in [0.15, 0.2) is 0 Å². The summed E-state index contributed by atoms with van der Waals surface area (Å²) in [5.74, 6) is 1.07. The third-order valence-corrected chi connectivity index (χ3v) is 4.68. The molecule has 0 amide bonds. The Labute approximate surface area is 132 Å². The minimum Gasteiger partial charge on any atom is -0.381 e. The molecule has 1 saturated carbocycles. The molecule has 118 valence electrons. The van der Waals surface area contributed by atoms with E-state index in [1.807, 2.05) is 13.3 Å². The Balaban J connectivity index is 1.77. The lowest BCUT2D eigenvalue weighted by molar-refractivity contribution is 0.0586. The number of imidazole rings is 1. The maximum absolute atomic E-state index is 5.61. The Hall–Kier alpha value is -1.65. The van der Waals surface area contributed by atoms with E-state index in [0.29, 0.717) is 18.7 Å². The summed E-state index contributed by atoms with van der Waals surface area (Å²) in [5, 5.41) is 0. The first-order chi connectivity index (χ1) is 10.8. The van der Waals surface area contributed by atoms with Crippen LogP contribution in [0.2, 0.25) is 0 Å². The van der Waals surface area contributed by atoms with Crippen LogP contribution in [0.1, 0.15) is 37.3 Å². The van der Waals surface area contributed by atoms with E-state index in [9.17, 15) is 0 Å². The number of rotatable bonds is 5. The van der Waals surface area contributed by atoms with E-state index < -0.39 is 0 Å². The highest BCUT2D eigenvalue weighted by Crippen LogP contribution is 2.33. The van der Waals surface area contributed by atoms with Crippen molar-refractivity contribution in [3.05, 3.63) is 42.2 Å². The van der Waals surface area contributed by atoms with Crippen molar-refractivity contribution in [2.75, 3.05) is 13.7 Å². The molecule has 0 bridgehead atoms. The summed E-state index contributed by atoms with van der Waals surface area (Å²) in [6.07, 6.45) is 9.96. The molecule has 0 radical (unpaired) electrons. The molecule has 1 aliphatic rings. The van der Waals surface area contributed by atoms with Gasteiger partial charge in [-0.25, -0.2) is 4.98 Å². The molecule has 1 aromatic heterocycles. The summed E-state index contributed by atoms with van der Waals surface area (Å²) in [6.45, 7) is 0.691. The smallest absolute Gasteiger partial charge is 0.140 e. The molecule has 1 heterocycles. The molecule has 22 heavy (non-hydrogen) atoms. The van der Waals surface area contributed by atoms with Crippen molar-refractivity contribution < 1.29 is 4.74 Å². The molecule has 0 spiro atoms. The highest BCUT2D eigenvalue weighted by molar-refractivity contribution is 5.56. The van der Waals surface area contributed by atoms with Gasteiger partial charge in [-0.1, -0.05) is 24.3 Å². The zero-order valence-corrected chi connectivity index (χ0v) is 13.2. The Kier molecular flexibility index (Phi) is 4.90. The molecular weight excluding hydrogens is 274 g/mol. The lowest BCUT2D eigenvalue weighted by Crippen LogP contribution is -2.22. The summed E-state index contributed by atoms with van der Waals surface area (Å²) in [5.41, 5.74) is 8.07. The molecule has 0 atom stereocenters. The Morgan fingerprint density at radius 1 is 1.18 bits per heavy atom.